The smallest absolute Gasteiger partial charge is 0.193 e. The van der Waals surface area contributed by atoms with Gasteiger partial charge in [-0.25, -0.2) is 0 Å². The van der Waals surface area contributed by atoms with Gasteiger partial charge in [-0.1, -0.05) is 37.3 Å². The topological polar surface area (TPSA) is 40.8 Å². The summed E-state index contributed by atoms with van der Waals surface area (Å²) in [5.41, 5.74) is 1.46. The van der Waals surface area contributed by atoms with Crippen LogP contribution in [0.15, 0.2) is 58.1 Å². The van der Waals surface area contributed by atoms with Crippen LogP contribution >= 0.6 is 24.0 Å². The molecule has 2 unspecified atom stereocenters. The summed E-state index contributed by atoms with van der Waals surface area (Å²) >= 11 is 0. The van der Waals surface area contributed by atoms with E-state index < -0.39 is 0 Å². The minimum Gasteiger partial charge on any atom is -0.469 e. The number of benzene rings is 1. The van der Waals surface area contributed by atoms with E-state index in [1.807, 2.05) is 19.2 Å². The molecule has 2 heterocycles. The van der Waals surface area contributed by atoms with Crippen LogP contribution in [0.2, 0.25) is 0 Å². The van der Waals surface area contributed by atoms with E-state index in [1.54, 1.807) is 6.26 Å². The van der Waals surface area contributed by atoms with Gasteiger partial charge in [-0.05, 0) is 36.0 Å². The van der Waals surface area contributed by atoms with Crippen molar-refractivity contribution in [2.24, 2.45) is 10.9 Å². The minimum absolute atomic E-state index is 0. The number of nitrogens with one attached hydrogen (secondary N) is 1. The summed E-state index contributed by atoms with van der Waals surface area (Å²) in [6.45, 7) is 5.28. The van der Waals surface area contributed by atoms with Gasteiger partial charge in [-0.15, -0.1) is 24.0 Å². The summed E-state index contributed by atoms with van der Waals surface area (Å²) in [5.74, 6) is 3.27. The molecule has 1 N–H and O–H groups in total. The first-order valence-electron chi connectivity index (χ1n) is 8.81. The molecule has 4 nitrogen and oxygen atoms in total. The SMILES string of the molecule is CN=C(NCCc1ccco1)N1CCC(c2ccccc2)C(C)C1.I. The molecule has 0 aliphatic carbocycles. The van der Waals surface area contributed by atoms with Crippen molar-refractivity contribution in [3.63, 3.8) is 0 Å². The van der Waals surface area contributed by atoms with Crippen LogP contribution in [0.25, 0.3) is 0 Å². The fraction of sp³-hybridized carbons (Fsp3) is 0.450. The Labute approximate surface area is 167 Å². The number of guanidine groups is 1. The van der Waals surface area contributed by atoms with Gasteiger partial charge in [0.1, 0.15) is 5.76 Å². The highest BCUT2D eigenvalue weighted by Crippen LogP contribution is 2.32. The van der Waals surface area contributed by atoms with E-state index in [4.69, 9.17) is 4.42 Å². The average molecular weight is 453 g/mol. The summed E-state index contributed by atoms with van der Waals surface area (Å²) in [7, 11) is 1.86. The van der Waals surface area contributed by atoms with Crippen LogP contribution in [0.4, 0.5) is 0 Å². The highest BCUT2D eigenvalue weighted by atomic mass is 127. The van der Waals surface area contributed by atoms with Gasteiger partial charge < -0.3 is 14.6 Å². The lowest BCUT2D eigenvalue weighted by molar-refractivity contribution is 0.234. The molecule has 0 radical (unpaired) electrons. The molecule has 0 saturated carbocycles. The number of likely N-dealkylation sites (tertiary alicyclic amines) is 1. The molecule has 136 valence electrons. The molecule has 1 fully saturated rings. The molecule has 1 aliphatic heterocycles. The van der Waals surface area contributed by atoms with E-state index in [1.165, 1.54) is 12.0 Å². The van der Waals surface area contributed by atoms with Gasteiger partial charge >= 0.3 is 0 Å². The summed E-state index contributed by atoms with van der Waals surface area (Å²) in [6.07, 6.45) is 3.77. The Kier molecular flexibility index (Phi) is 7.81. The number of rotatable bonds is 4. The molecule has 25 heavy (non-hydrogen) atoms. The van der Waals surface area contributed by atoms with Crippen molar-refractivity contribution in [1.82, 2.24) is 10.2 Å². The first-order valence-corrected chi connectivity index (χ1v) is 8.81. The summed E-state index contributed by atoms with van der Waals surface area (Å²) in [5, 5.41) is 3.47. The third-order valence-electron chi connectivity index (χ3n) is 4.88. The minimum atomic E-state index is 0. The molecule has 1 aliphatic rings. The standard InChI is InChI=1S/C20H27N3O.HI/c1-16-15-23(13-11-19(16)17-7-4-3-5-8-17)20(21-2)22-12-10-18-9-6-14-24-18;/h3-9,14,16,19H,10-13,15H2,1-2H3,(H,21,22);1H. The normalized spacial score (nSPS) is 20.9. The van der Waals surface area contributed by atoms with Gasteiger partial charge in [0.15, 0.2) is 5.96 Å². The Morgan fingerprint density at radius 3 is 2.68 bits per heavy atom. The second-order valence-electron chi connectivity index (χ2n) is 6.53. The maximum absolute atomic E-state index is 5.38. The third kappa shape index (κ3) is 5.23. The van der Waals surface area contributed by atoms with E-state index in [-0.39, 0.29) is 24.0 Å². The van der Waals surface area contributed by atoms with Gasteiger partial charge in [0.2, 0.25) is 0 Å². The molecule has 1 saturated heterocycles. The molecule has 1 aromatic carbocycles. The Morgan fingerprint density at radius 2 is 2.04 bits per heavy atom. The molecular weight excluding hydrogens is 425 g/mol. The second kappa shape index (κ2) is 9.85. The molecular formula is C20H28IN3O. The Hall–Kier alpha value is -1.50. The van der Waals surface area contributed by atoms with Crippen LogP contribution in [0, 0.1) is 5.92 Å². The van der Waals surface area contributed by atoms with Crippen molar-refractivity contribution in [2.75, 3.05) is 26.7 Å². The van der Waals surface area contributed by atoms with Gasteiger partial charge in [0.05, 0.1) is 6.26 Å². The number of hydrogen-bond donors (Lipinski definition) is 1. The summed E-state index contributed by atoms with van der Waals surface area (Å²) in [6, 6.07) is 14.8. The average Bonchev–Trinajstić information content (AvgIpc) is 3.13. The zero-order valence-electron chi connectivity index (χ0n) is 15.0. The van der Waals surface area contributed by atoms with Gasteiger partial charge in [-0.3, -0.25) is 4.99 Å². The van der Waals surface area contributed by atoms with E-state index in [2.05, 4.69) is 52.5 Å². The predicted molar refractivity (Wildman–Crippen MR) is 114 cm³/mol. The van der Waals surface area contributed by atoms with Gasteiger partial charge in [-0.2, -0.15) is 0 Å². The fourth-order valence-electron chi connectivity index (χ4n) is 3.62. The van der Waals surface area contributed by atoms with Crippen molar-refractivity contribution in [1.29, 1.82) is 0 Å². The highest BCUT2D eigenvalue weighted by molar-refractivity contribution is 14.0. The predicted octanol–water partition coefficient (Wildman–Crippen LogP) is 4.14. The van der Waals surface area contributed by atoms with Gasteiger partial charge in [0, 0.05) is 33.1 Å². The number of furan rings is 1. The molecule has 0 bridgehead atoms. The van der Waals surface area contributed by atoms with Crippen LogP contribution in [0.3, 0.4) is 0 Å². The highest BCUT2D eigenvalue weighted by Gasteiger charge is 2.28. The quantitative estimate of drug-likeness (QED) is 0.430. The maximum Gasteiger partial charge on any atom is 0.193 e. The molecule has 1 aromatic heterocycles. The monoisotopic (exact) mass is 453 g/mol. The first kappa shape index (κ1) is 19.8. The van der Waals surface area contributed by atoms with Crippen molar-refractivity contribution in [3.05, 3.63) is 60.1 Å². The first-order chi connectivity index (χ1) is 11.8. The summed E-state index contributed by atoms with van der Waals surface area (Å²) in [4.78, 5) is 6.84. The van der Waals surface area contributed by atoms with Gasteiger partial charge in [0.25, 0.3) is 0 Å². The fourth-order valence-corrected chi connectivity index (χ4v) is 3.62. The van der Waals surface area contributed by atoms with Crippen molar-refractivity contribution >= 4 is 29.9 Å². The Balaban J connectivity index is 0.00000225. The molecule has 5 heteroatoms. The second-order valence-corrected chi connectivity index (χ2v) is 6.53. The molecule has 3 rings (SSSR count). The van der Waals surface area contributed by atoms with Crippen LogP contribution in [0.1, 0.15) is 30.6 Å². The Morgan fingerprint density at radius 1 is 1.24 bits per heavy atom. The third-order valence-corrected chi connectivity index (χ3v) is 4.88. The van der Waals surface area contributed by atoms with Crippen LogP contribution in [-0.4, -0.2) is 37.5 Å². The van der Waals surface area contributed by atoms with Crippen molar-refractivity contribution in [2.45, 2.75) is 25.7 Å². The van der Waals surface area contributed by atoms with Crippen molar-refractivity contribution in [3.8, 4) is 0 Å². The van der Waals surface area contributed by atoms with Crippen LogP contribution in [-0.2, 0) is 6.42 Å². The lowest BCUT2D eigenvalue weighted by Gasteiger charge is -2.38. The molecule has 2 aromatic rings. The maximum atomic E-state index is 5.38. The lowest BCUT2D eigenvalue weighted by Crippen LogP contribution is -2.48. The van der Waals surface area contributed by atoms with Crippen molar-refractivity contribution < 1.29 is 4.42 Å². The van der Waals surface area contributed by atoms with E-state index in [9.17, 15) is 0 Å². The molecule has 0 spiro atoms. The number of nitrogens with zero attached hydrogens (tertiary/aromatic N) is 2. The van der Waals surface area contributed by atoms with E-state index in [0.717, 1.165) is 37.8 Å². The zero-order chi connectivity index (χ0) is 16.8. The van der Waals surface area contributed by atoms with Crippen LogP contribution < -0.4 is 5.32 Å². The number of piperidine rings is 1. The van der Waals surface area contributed by atoms with E-state index >= 15 is 0 Å². The lowest BCUT2D eigenvalue weighted by atomic mass is 9.82. The number of hydrogen-bond acceptors (Lipinski definition) is 2. The molecule has 0 amide bonds. The number of halogens is 1. The Bertz CT molecular complexity index is 642. The zero-order valence-corrected chi connectivity index (χ0v) is 17.4. The molecule has 2 atom stereocenters. The van der Waals surface area contributed by atoms with E-state index in [0.29, 0.717) is 11.8 Å². The summed E-state index contributed by atoms with van der Waals surface area (Å²) < 4.78 is 5.38. The largest absolute Gasteiger partial charge is 0.469 e. The van der Waals surface area contributed by atoms with Crippen LogP contribution in [0.5, 0.6) is 0 Å². The number of aliphatic imine (C=N–C) groups is 1.